The van der Waals surface area contributed by atoms with E-state index < -0.39 is 0 Å². The lowest BCUT2D eigenvalue weighted by Crippen LogP contribution is -1.90. The van der Waals surface area contributed by atoms with Crippen LogP contribution in [0.3, 0.4) is 0 Å². The van der Waals surface area contributed by atoms with Gasteiger partial charge in [-0.05, 0) is 31.4 Å². The summed E-state index contributed by atoms with van der Waals surface area (Å²) in [7, 11) is 0. The number of nitrogens with zero attached hydrogens (tertiary/aromatic N) is 3. The molecule has 108 valence electrons. The summed E-state index contributed by atoms with van der Waals surface area (Å²) >= 11 is 1.75. The topological polar surface area (TPSA) is 30.2 Å². The van der Waals surface area contributed by atoms with Crippen molar-refractivity contribution >= 4 is 28.2 Å². The number of hydrogen-bond donors (Lipinski definition) is 0. The molecule has 0 aliphatic rings. The highest BCUT2D eigenvalue weighted by molar-refractivity contribution is 7.98. The van der Waals surface area contributed by atoms with Crippen molar-refractivity contribution in [2.75, 3.05) is 6.26 Å². The number of fused-ring (bicyclic) bond motifs is 3. The first kappa shape index (κ1) is 13.3. The quantitative estimate of drug-likeness (QED) is 0.508. The third-order valence-corrected chi connectivity index (χ3v) is 4.72. The Kier molecular flexibility index (Phi) is 3.12. The fraction of sp³-hybridized carbons (Fsp3) is 0.111. The lowest BCUT2D eigenvalue weighted by molar-refractivity contribution is 0.938. The molecular weight excluding hydrogens is 290 g/mol. The molecule has 0 fully saturated rings. The fourth-order valence-corrected chi connectivity index (χ4v) is 3.26. The van der Waals surface area contributed by atoms with Gasteiger partial charge in [0.25, 0.3) is 0 Å². The molecule has 0 saturated carbocycles. The summed E-state index contributed by atoms with van der Waals surface area (Å²) in [5.41, 5.74) is 5.49. The Morgan fingerprint density at radius 2 is 1.77 bits per heavy atom. The molecule has 0 aliphatic heterocycles. The van der Waals surface area contributed by atoms with Gasteiger partial charge in [-0.15, -0.1) is 11.8 Å². The third kappa shape index (κ3) is 1.99. The van der Waals surface area contributed by atoms with Gasteiger partial charge in [-0.3, -0.25) is 0 Å². The number of hydrogen-bond acceptors (Lipinski definition) is 3. The molecule has 0 unspecified atom stereocenters. The van der Waals surface area contributed by atoms with Gasteiger partial charge in [0.05, 0.1) is 16.7 Å². The van der Waals surface area contributed by atoms with E-state index in [4.69, 9.17) is 5.10 Å². The highest BCUT2D eigenvalue weighted by atomic mass is 32.2. The average Bonchev–Trinajstić information content (AvgIpc) is 2.92. The number of rotatable bonds is 2. The largest absolute Gasteiger partial charge is 0.236 e. The molecular formula is C18H15N3S. The molecule has 0 amide bonds. The minimum absolute atomic E-state index is 1.00. The summed E-state index contributed by atoms with van der Waals surface area (Å²) < 4.78 is 1.88. The van der Waals surface area contributed by atoms with Crippen LogP contribution in [0.2, 0.25) is 0 Å². The summed E-state index contributed by atoms with van der Waals surface area (Å²) in [6.45, 7) is 2.13. The Morgan fingerprint density at radius 1 is 1.00 bits per heavy atom. The van der Waals surface area contributed by atoms with Gasteiger partial charge in [-0.1, -0.05) is 30.3 Å². The normalized spacial score (nSPS) is 11.4. The minimum Gasteiger partial charge on any atom is -0.236 e. The van der Waals surface area contributed by atoms with E-state index in [1.54, 1.807) is 18.1 Å². The summed E-state index contributed by atoms with van der Waals surface area (Å²) in [5.74, 6) is 0. The molecule has 2 aromatic carbocycles. The molecule has 4 aromatic rings. The van der Waals surface area contributed by atoms with E-state index in [1.807, 2.05) is 22.7 Å². The molecule has 0 radical (unpaired) electrons. The maximum atomic E-state index is 4.74. The molecule has 22 heavy (non-hydrogen) atoms. The van der Waals surface area contributed by atoms with Gasteiger partial charge in [-0.25, -0.2) is 9.50 Å². The Labute approximate surface area is 133 Å². The first-order valence-electron chi connectivity index (χ1n) is 7.15. The van der Waals surface area contributed by atoms with Crippen LogP contribution in [-0.2, 0) is 0 Å². The number of aryl methyl sites for hydroxylation is 1. The van der Waals surface area contributed by atoms with Gasteiger partial charge in [0.2, 0.25) is 0 Å². The minimum atomic E-state index is 1.00. The van der Waals surface area contributed by atoms with Crippen molar-refractivity contribution in [3.8, 4) is 11.3 Å². The predicted octanol–water partition coefficient (Wildman–Crippen LogP) is 4.58. The van der Waals surface area contributed by atoms with Crippen LogP contribution in [0.4, 0.5) is 0 Å². The van der Waals surface area contributed by atoms with Crippen molar-refractivity contribution in [2.24, 2.45) is 0 Å². The van der Waals surface area contributed by atoms with E-state index in [0.717, 1.165) is 27.7 Å². The molecule has 0 bridgehead atoms. The van der Waals surface area contributed by atoms with Gasteiger partial charge in [-0.2, -0.15) is 5.10 Å². The smallest absolute Gasteiger partial charge is 0.118 e. The Balaban J connectivity index is 1.98. The lowest BCUT2D eigenvalue weighted by Gasteiger charge is -2.01. The van der Waals surface area contributed by atoms with Crippen molar-refractivity contribution in [3.05, 3.63) is 60.4 Å². The lowest BCUT2D eigenvalue weighted by atomic mass is 10.1. The van der Waals surface area contributed by atoms with E-state index in [1.165, 1.54) is 10.5 Å². The van der Waals surface area contributed by atoms with Crippen LogP contribution in [0.5, 0.6) is 0 Å². The van der Waals surface area contributed by atoms with Crippen LogP contribution in [0.15, 0.2) is 59.8 Å². The Morgan fingerprint density at radius 3 is 2.55 bits per heavy atom. The van der Waals surface area contributed by atoms with E-state index >= 15 is 0 Å². The van der Waals surface area contributed by atoms with Crippen LogP contribution in [-0.4, -0.2) is 20.9 Å². The second-order valence-corrected chi connectivity index (χ2v) is 6.14. The molecule has 3 nitrogen and oxygen atoms in total. The molecule has 4 heteroatoms. The van der Waals surface area contributed by atoms with Gasteiger partial charge in [0.1, 0.15) is 6.33 Å². The van der Waals surface area contributed by atoms with Crippen LogP contribution in [0, 0.1) is 6.92 Å². The van der Waals surface area contributed by atoms with E-state index in [0.29, 0.717) is 0 Å². The standard InChI is InChI=1S/C18H15N3S/c1-12-17(13-7-9-14(22-2)10-8-13)20-21-11-19-16-6-4-3-5-15(16)18(12)21/h3-11H,1-2H3. The molecule has 0 aliphatic carbocycles. The first-order chi connectivity index (χ1) is 10.8. The summed E-state index contributed by atoms with van der Waals surface area (Å²) in [4.78, 5) is 5.74. The highest BCUT2D eigenvalue weighted by Crippen LogP contribution is 2.30. The number of thioether (sulfide) groups is 1. The van der Waals surface area contributed by atoms with Crippen molar-refractivity contribution < 1.29 is 0 Å². The van der Waals surface area contributed by atoms with Gasteiger partial charge in [0, 0.05) is 21.4 Å². The SMILES string of the molecule is CSc1ccc(-c2nn3cnc4ccccc4c3c2C)cc1. The van der Waals surface area contributed by atoms with Crippen molar-refractivity contribution in [1.82, 2.24) is 14.6 Å². The highest BCUT2D eigenvalue weighted by Gasteiger charge is 2.13. The van der Waals surface area contributed by atoms with E-state index in [-0.39, 0.29) is 0 Å². The van der Waals surface area contributed by atoms with Crippen molar-refractivity contribution in [1.29, 1.82) is 0 Å². The van der Waals surface area contributed by atoms with Gasteiger partial charge >= 0.3 is 0 Å². The predicted molar refractivity (Wildman–Crippen MR) is 92.4 cm³/mol. The molecule has 2 heterocycles. The van der Waals surface area contributed by atoms with Gasteiger partial charge < -0.3 is 0 Å². The second kappa shape index (κ2) is 5.14. The molecule has 4 rings (SSSR count). The molecule has 0 atom stereocenters. The molecule has 2 aromatic heterocycles. The number of para-hydroxylation sites is 1. The summed E-state index contributed by atoms with van der Waals surface area (Å²) in [6, 6.07) is 16.7. The monoisotopic (exact) mass is 305 g/mol. The molecule has 0 N–H and O–H groups in total. The fourth-order valence-electron chi connectivity index (χ4n) is 2.85. The zero-order valence-corrected chi connectivity index (χ0v) is 13.3. The van der Waals surface area contributed by atoms with Crippen LogP contribution >= 0.6 is 11.8 Å². The third-order valence-electron chi connectivity index (χ3n) is 3.98. The average molecular weight is 305 g/mol. The molecule has 0 saturated heterocycles. The van der Waals surface area contributed by atoms with Crippen molar-refractivity contribution in [3.63, 3.8) is 0 Å². The Hall–Kier alpha value is -2.33. The zero-order valence-electron chi connectivity index (χ0n) is 12.4. The maximum absolute atomic E-state index is 4.74. The van der Waals surface area contributed by atoms with E-state index in [9.17, 15) is 0 Å². The molecule has 0 spiro atoms. The van der Waals surface area contributed by atoms with Gasteiger partial charge in [0.15, 0.2) is 0 Å². The van der Waals surface area contributed by atoms with Crippen LogP contribution in [0.25, 0.3) is 27.7 Å². The van der Waals surface area contributed by atoms with Crippen LogP contribution in [0.1, 0.15) is 5.56 Å². The summed E-state index contributed by atoms with van der Waals surface area (Å²) in [6.07, 6.45) is 3.88. The summed E-state index contributed by atoms with van der Waals surface area (Å²) in [5, 5.41) is 5.88. The Bertz CT molecular complexity index is 971. The first-order valence-corrected chi connectivity index (χ1v) is 8.37. The van der Waals surface area contributed by atoms with Crippen molar-refractivity contribution in [2.45, 2.75) is 11.8 Å². The zero-order chi connectivity index (χ0) is 15.1. The van der Waals surface area contributed by atoms with E-state index in [2.05, 4.69) is 48.5 Å². The maximum Gasteiger partial charge on any atom is 0.118 e. The van der Waals surface area contributed by atoms with Crippen LogP contribution < -0.4 is 0 Å². The second-order valence-electron chi connectivity index (χ2n) is 5.26. The number of aromatic nitrogens is 3. The number of benzene rings is 2.